The minimum absolute atomic E-state index is 0.00382. The Hall–Kier alpha value is -1.40. The van der Waals surface area contributed by atoms with Crippen molar-refractivity contribution in [3.8, 4) is 11.8 Å². The average Bonchev–Trinajstić information content (AvgIpc) is 2.29. The summed E-state index contributed by atoms with van der Waals surface area (Å²) in [4.78, 5) is 0. The highest BCUT2D eigenvalue weighted by molar-refractivity contribution is 6.32. The maximum atomic E-state index is 8.98. The van der Waals surface area contributed by atoms with Gasteiger partial charge in [0.1, 0.15) is 5.75 Å². The van der Waals surface area contributed by atoms with E-state index in [1.54, 1.807) is 19.2 Å². The van der Waals surface area contributed by atoms with Gasteiger partial charge in [0.05, 0.1) is 24.1 Å². The topological polar surface area (TPSA) is 45.0 Å². The Kier molecular flexibility index (Phi) is 5.11. The number of halogens is 1. The molecule has 0 saturated carbocycles. The third-order valence-electron chi connectivity index (χ3n) is 2.65. The Morgan fingerprint density at radius 3 is 2.65 bits per heavy atom. The number of ether oxygens (including phenoxy) is 1. The molecule has 1 rings (SSSR count). The zero-order chi connectivity index (χ0) is 12.8. The molecule has 0 amide bonds. The maximum absolute atomic E-state index is 8.98. The summed E-state index contributed by atoms with van der Waals surface area (Å²) >= 11 is 6.01. The predicted octanol–water partition coefficient (Wildman–Crippen LogP) is 3.56. The molecule has 0 aromatic heterocycles. The summed E-state index contributed by atoms with van der Waals surface area (Å²) in [6.45, 7) is 4.70. The van der Waals surface area contributed by atoms with Crippen LogP contribution in [-0.2, 0) is 0 Å². The number of nitrogens with one attached hydrogen (secondary N) is 1. The molecule has 0 aliphatic carbocycles. The van der Waals surface area contributed by atoms with Gasteiger partial charge in [-0.2, -0.15) is 5.26 Å². The van der Waals surface area contributed by atoms with Crippen molar-refractivity contribution in [3.05, 3.63) is 23.2 Å². The SMILES string of the molecule is COc1ccc(NCC(C#N)C(C)C)cc1Cl. The first kappa shape index (κ1) is 13.7. The number of rotatable bonds is 5. The molecule has 1 atom stereocenters. The van der Waals surface area contributed by atoms with Gasteiger partial charge in [-0.05, 0) is 24.1 Å². The number of methoxy groups -OCH3 is 1. The molecule has 1 aromatic carbocycles. The molecule has 0 aliphatic heterocycles. The summed E-state index contributed by atoms with van der Waals surface area (Å²) in [5.41, 5.74) is 0.900. The van der Waals surface area contributed by atoms with Crippen LogP contribution < -0.4 is 10.1 Å². The second-order valence-electron chi connectivity index (χ2n) is 4.21. The predicted molar refractivity (Wildman–Crippen MR) is 70.4 cm³/mol. The number of benzene rings is 1. The summed E-state index contributed by atoms with van der Waals surface area (Å²) in [7, 11) is 1.58. The Bertz CT molecular complexity index is 412. The van der Waals surface area contributed by atoms with Crippen LogP contribution >= 0.6 is 11.6 Å². The zero-order valence-electron chi connectivity index (χ0n) is 10.3. The number of hydrogen-bond donors (Lipinski definition) is 1. The van der Waals surface area contributed by atoms with Gasteiger partial charge < -0.3 is 10.1 Å². The van der Waals surface area contributed by atoms with Crippen LogP contribution in [0.3, 0.4) is 0 Å². The van der Waals surface area contributed by atoms with Crippen LogP contribution in [0.25, 0.3) is 0 Å². The highest BCUT2D eigenvalue weighted by Gasteiger charge is 2.12. The molecule has 17 heavy (non-hydrogen) atoms. The van der Waals surface area contributed by atoms with Crippen LogP contribution in [0.5, 0.6) is 5.75 Å². The first-order valence-corrected chi connectivity index (χ1v) is 5.93. The van der Waals surface area contributed by atoms with Crippen molar-refractivity contribution in [2.45, 2.75) is 13.8 Å². The van der Waals surface area contributed by atoms with Gasteiger partial charge in [0.25, 0.3) is 0 Å². The van der Waals surface area contributed by atoms with E-state index in [1.807, 2.05) is 19.9 Å². The van der Waals surface area contributed by atoms with Gasteiger partial charge >= 0.3 is 0 Å². The Morgan fingerprint density at radius 2 is 2.18 bits per heavy atom. The van der Waals surface area contributed by atoms with E-state index in [9.17, 15) is 0 Å². The van der Waals surface area contributed by atoms with Crippen LogP contribution in [0.4, 0.5) is 5.69 Å². The van der Waals surface area contributed by atoms with Gasteiger partial charge in [-0.25, -0.2) is 0 Å². The highest BCUT2D eigenvalue weighted by atomic mass is 35.5. The number of nitriles is 1. The van der Waals surface area contributed by atoms with Gasteiger partial charge in [-0.15, -0.1) is 0 Å². The Morgan fingerprint density at radius 1 is 1.47 bits per heavy atom. The second kappa shape index (κ2) is 6.36. The van der Waals surface area contributed by atoms with E-state index in [0.29, 0.717) is 23.2 Å². The van der Waals surface area contributed by atoms with Crippen molar-refractivity contribution in [1.82, 2.24) is 0 Å². The molecular weight excluding hydrogens is 236 g/mol. The van der Waals surface area contributed by atoms with Crippen molar-refractivity contribution in [2.24, 2.45) is 11.8 Å². The van der Waals surface area contributed by atoms with E-state index in [2.05, 4.69) is 11.4 Å². The molecule has 0 aliphatic rings. The van der Waals surface area contributed by atoms with E-state index in [1.165, 1.54) is 0 Å². The van der Waals surface area contributed by atoms with Crippen LogP contribution in [0.1, 0.15) is 13.8 Å². The lowest BCUT2D eigenvalue weighted by Crippen LogP contribution is -2.17. The van der Waals surface area contributed by atoms with Crippen LogP contribution in [0.2, 0.25) is 5.02 Å². The van der Waals surface area contributed by atoms with Crippen LogP contribution in [-0.4, -0.2) is 13.7 Å². The van der Waals surface area contributed by atoms with Gasteiger partial charge in [-0.3, -0.25) is 0 Å². The van der Waals surface area contributed by atoms with Gasteiger partial charge in [0.15, 0.2) is 0 Å². The summed E-state index contributed by atoms with van der Waals surface area (Å²) < 4.78 is 5.07. The summed E-state index contributed by atoms with van der Waals surface area (Å²) in [6.07, 6.45) is 0. The van der Waals surface area contributed by atoms with E-state index >= 15 is 0 Å². The minimum atomic E-state index is -0.00382. The first-order valence-electron chi connectivity index (χ1n) is 5.55. The number of anilines is 1. The van der Waals surface area contributed by atoms with Crippen molar-refractivity contribution >= 4 is 17.3 Å². The standard InChI is InChI=1S/C13H17ClN2O/c1-9(2)10(7-15)8-16-11-4-5-13(17-3)12(14)6-11/h4-6,9-10,16H,8H2,1-3H3. The minimum Gasteiger partial charge on any atom is -0.495 e. The van der Waals surface area contributed by atoms with E-state index in [-0.39, 0.29) is 5.92 Å². The molecule has 0 bridgehead atoms. The molecule has 0 fully saturated rings. The highest BCUT2D eigenvalue weighted by Crippen LogP contribution is 2.27. The number of nitrogens with zero attached hydrogens (tertiary/aromatic N) is 1. The van der Waals surface area contributed by atoms with Crippen LogP contribution in [0.15, 0.2) is 18.2 Å². The van der Waals surface area contributed by atoms with Crippen molar-refractivity contribution in [2.75, 3.05) is 19.0 Å². The lowest BCUT2D eigenvalue weighted by atomic mass is 9.97. The monoisotopic (exact) mass is 252 g/mol. The molecule has 0 radical (unpaired) electrons. The van der Waals surface area contributed by atoms with Crippen molar-refractivity contribution in [3.63, 3.8) is 0 Å². The molecule has 1 aromatic rings. The summed E-state index contributed by atoms with van der Waals surface area (Å²) in [5.74, 6) is 0.981. The largest absolute Gasteiger partial charge is 0.495 e. The third kappa shape index (κ3) is 3.83. The average molecular weight is 253 g/mol. The summed E-state index contributed by atoms with van der Waals surface area (Å²) in [6, 6.07) is 7.78. The zero-order valence-corrected chi connectivity index (χ0v) is 11.1. The fourth-order valence-corrected chi connectivity index (χ4v) is 1.69. The lowest BCUT2D eigenvalue weighted by Gasteiger charge is -2.15. The Balaban J connectivity index is 2.64. The van der Waals surface area contributed by atoms with Crippen molar-refractivity contribution in [1.29, 1.82) is 5.26 Å². The normalized spacial score (nSPS) is 12.0. The molecule has 1 unspecified atom stereocenters. The van der Waals surface area contributed by atoms with Gasteiger partial charge in [0.2, 0.25) is 0 Å². The molecule has 92 valence electrons. The molecule has 3 nitrogen and oxygen atoms in total. The van der Waals surface area contributed by atoms with E-state index < -0.39 is 0 Å². The van der Waals surface area contributed by atoms with Crippen LogP contribution in [0, 0.1) is 23.2 Å². The molecule has 0 heterocycles. The smallest absolute Gasteiger partial charge is 0.137 e. The summed E-state index contributed by atoms with van der Waals surface area (Å²) in [5, 5.41) is 12.7. The van der Waals surface area contributed by atoms with Crippen molar-refractivity contribution < 1.29 is 4.74 Å². The maximum Gasteiger partial charge on any atom is 0.137 e. The van der Waals surface area contributed by atoms with Gasteiger partial charge in [0, 0.05) is 12.2 Å². The second-order valence-corrected chi connectivity index (χ2v) is 4.62. The first-order chi connectivity index (χ1) is 8.08. The Labute approximate surface area is 107 Å². The molecule has 0 spiro atoms. The fourth-order valence-electron chi connectivity index (χ4n) is 1.43. The van der Waals surface area contributed by atoms with E-state index in [0.717, 1.165) is 5.69 Å². The third-order valence-corrected chi connectivity index (χ3v) is 2.94. The molecule has 1 N–H and O–H groups in total. The fraction of sp³-hybridized carbons (Fsp3) is 0.462. The molecule has 4 heteroatoms. The van der Waals surface area contributed by atoms with Gasteiger partial charge in [-0.1, -0.05) is 25.4 Å². The number of hydrogen-bond acceptors (Lipinski definition) is 3. The van der Waals surface area contributed by atoms with E-state index in [4.69, 9.17) is 21.6 Å². The quantitative estimate of drug-likeness (QED) is 0.872. The molecular formula is C13H17ClN2O. The lowest BCUT2D eigenvalue weighted by molar-refractivity contribution is 0.415. The molecule has 0 saturated heterocycles.